The number of carbonyl (C=O) groups excluding carboxylic acids is 1. The number of ether oxygens (including phenoxy) is 2. The van der Waals surface area contributed by atoms with Crippen molar-refractivity contribution in [3.63, 3.8) is 0 Å². The van der Waals surface area contributed by atoms with Gasteiger partial charge in [0.25, 0.3) is 0 Å². The van der Waals surface area contributed by atoms with Crippen LogP contribution < -0.4 is 4.74 Å². The van der Waals surface area contributed by atoms with Crippen LogP contribution in [0.5, 0.6) is 5.75 Å². The number of hydrogen-bond acceptors (Lipinski definition) is 4. The number of methoxy groups -OCH3 is 1. The maximum Gasteiger partial charge on any atom is 0.306 e. The van der Waals surface area contributed by atoms with E-state index in [4.69, 9.17) is 14.6 Å². The number of aliphatic hydroxyl groups is 1. The molecule has 0 unspecified atom stereocenters. The van der Waals surface area contributed by atoms with Gasteiger partial charge in [-0.3, -0.25) is 4.79 Å². The van der Waals surface area contributed by atoms with Crippen LogP contribution in [-0.4, -0.2) is 31.4 Å². The van der Waals surface area contributed by atoms with Crippen LogP contribution in [0.25, 0.3) is 0 Å². The predicted molar refractivity (Wildman–Crippen MR) is 82.8 cm³/mol. The highest BCUT2D eigenvalue weighted by Crippen LogP contribution is 2.35. The zero-order valence-corrected chi connectivity index (χ0v) is 13.7. The summed E-state index contributed by atoms with van der Waals surface area (Å²) >= 11 is 0. The second-order valence-corrected chi connectivity index (χ2v) is 6.19. The molecular formula is C17H26O4. The molecule has 118 valence electrons. The molecule has 0 radical (unpaired) electrons. The number of carbonyl (C=O) groups is 1. The fourth-order valence-electron chi connectivity index (χ4n) is 2.30. The summed E-state index contributed by atoms with van der Waals surface area (Å²) in [5.74, 6) is 0.629. The molecule has 0 saturated heterocycles. The lowest BCUT2D eigenvalue weighted by Crippen LogP contribution is -2.15. The molecule has 0 aliphatic carbocycles. The summed E-state index contributed by atoms with van der Waals surface area (Å²) in [7, 11) is 1.68. The predicted octanol–water partition coefficient (Wildman–Crippen LogP) is 2.77. The van der Waals surface area contributed by atoms with Gasteiger partial charge in [-0.05, 0) is 29.9 Å². The van der Waals surface area contributed by atoms with Crippen LogP contribution in [-0.2, 0) is 21.4 Å². The third-order valence-corrected chi connectivity index (χ3v) is 3.32. The molecule has 1 aromatic rings. The first-order valence-corrected chi connectivity index (χ1v) is 7.24. The average molecular weight is 294 g/mol. The first-order chi connectivity index (χ1) is 9.79. The third kappa shape index (κ3) is 5.05. The molecule has 21 heavy (non-hydrogen) atoms. The summed E-state index contributed by atoms with van der Waals surface area (Å²) in [6, 6.07) is 4.15. The summed E-state index contributed by atoms with van der Waals surface area (Å²) in [6.07, 6.45) is 0.938. The molecule has 0 aliphatic rings. The lowest BCUT2D eigenvalue weighted by molar-refractivity contribution is -0.144. The molecule has 0 spiro atoms. The number of aliphatic hydroxyl groups excluding tert-OH is 1. The van der Waals surface area contributed by atoms with Crippen molar-refractivity contribution in [2.75, 3.05) is 20.3 Å². The van der Waals surface area contributed by atoms with E-state index in [1.807, 2.05) is 13.0 Å². The van der Waals surface area contributed by atoms with Crippen LogP contribution in [0.3, 0.4) is 0 Å². The number of hydrogen-bond donors (Lipinski definition) is 1. The van der Waals surface area contributed by atoms with E-state index in [0.29, 0.717) is 12.8 Å². The van der Waals surface area contributed by atoms with Gasteiger partial charge < -0.3 is 14.6 Å². The number of benzene rings is 1. The molecule has 0 atom stereocenters. The Labute approximate surface area is 127 Å². The lowest BCUT2D eigenvalue weighted by Gasteiger charge is -2.24. The molecule has 1 N–H and O–H groups in total. The Morgan fingerprint density at radius 2 is 1.95 bits per heavy atom. The summed E-state index contributed by atoms with van der Waals surface area (Å²) < 4.78 is 10.4. The topological polar surface area (TPSA) is 55.8 Å². The van der Waals surface area contributed by atoms with Crippen LogP contribution >= 0.6 is 0 Å². The number of rotatable bonds is 6. The van der Waals surface area contributed by atoms with Crippen molar-refractivity contribution in [1.29, 1.82) is 0 Å². The molecule has 0 fully saturated rings. The molecule has 0 saturated carbocycles. The highest BCUT2D eigenvalue weighted by Gasteiger charge is 2.21. The van der Waals surface area contributed by atoms with E-state index in [0.717, 1.165) is 22.4 Å². The Morgan fingerprint density at radius 3 is 2.48 bits per heavy atom. The maximum atomic E-state index is 11.5. The van der Waals surface area contributed by atoms with E-state index in [2.05, 4.69) is 26.8 Å². The van der Waals surface area contributed by atoms with Gasteiger partial charge in [-0.15, -0.1) is 0 Å². The van der Waals surface area contributed by atoms with Gasteiger partial charge in [-0.2, -0.15) is 0 Å². The van der Waals surface area contributed by atoms with Crippen LogP contribution in [0, 0.1) is 6.92 Å². The van der Waals surface area contributed by atoms with Gasteiger partial charge in [-0.25, -0.2) is 0 Å². The maximum absolute atomic E-state index is 11.5. The zero-order valence-electron chi connectivity index (χ0n) is 13.7. The normalized spacial score (nSPS) is 11.3. The van der Waals surface area contributed by atoms with Crippen molar-refractivity contribution in [3.05, 3.63) is 28.8 Å². The van der Waals surface area contributed by atoms with Crippen LogP contribution in [0.1, 0.15) is 43.9 Å². The van der Waals surface area contributed by atoms with E-state index in [-0.39, 0.29) is 24.6 Å². The van der Waals surface area contributed by atoms with Gasteiger partial charge in [0.15, 0.2) is 0 Å². The monoisotopic (exact) mass is 294 g/mol. The van der Waals surface area contributed by atoms with Crippen LogP contribution in [0.4, 0.5) is 0 Å². The minimum absolute atomic E-state index is 0.0243. The standard InChI is InChI=1S/C17H26O4/c1-12-10-13(6-7-15(19)21-9-8-18)11-14(16(12)20-5)17(2,3)4/h10-11,18H,6-9H2,1-5H3. The van der Waals surface area contributed by atoms with Crippen molar-refractivity contribution in [2.24, 2.45) is 0 Å². The van der Waals surface area contributed by atoms with Gasteiger partial charge in [0.1, 0.15) is 12.4 Å². The summed E-state index contributed by atoms with van der Waals surface area (Å²) in [6.45, 7) is 8.37. The minimum Gasteiger partial charge on any atom is -0.496 e. The van der Waals surface area contributed by atoms with E-state index >= 15 is 0 Å². The minimum atomic E-state index is -0.283. The molecule has 1 rings (SSSR count). The molecule has 4 heteroatoms. The Bertz CT molecular complexity index is 486. The molecule has 4 nitrogen and oxygen atoms in total. The lowest BCUT2D eigenvalue weighted by atomic mass is 9.83. The molecule has 1 aromatic carbocycles. The Kier molecular flexibility index (Phi) is 6.21. The smallest absolute Gasteiger partial charge is 0.306 e. The van der Waals surface area contributed by atoms with Gasteiger partial charge in [0, 0.05) is 12.0 Å². The second kappa shape index (κ2) is 7.46. The number of aryl methyl sites for hydroxylation is 2. The zero-order chi connectivity index (χ0) is 16.0. The summed E-state index contributed by atoms with van der Waals surface area (Å²) in [4.78, 5) is 11.5. The highest BCUT2D eigenvalue weighted by molar-refractivity contribution is 5.69. The number of esters is 1. The second-order valence-electron chi connectivity index (χ2n) is 6.19. The van der Waals surface area contributed by atoms with E-state index < -0.39 is 0 Å². The van der Waals surface area contributed by atoms with Crippen molar-refractivity contribution < 1.29 is 19.4 Å². The van der Waals surface area contributed by atoms with Gasteiger partial charge in [0.05, 0.1) is 13.7 Å². The van der Waals surface area contributed by atoms with E-state index in [9.17, 15) is 4.79 Å². The average Bonchev–Trinajstić information content (AvgIpc) is 2.41. The fraction of sp³-hybridized carbons (Fsp3) is 0.588. The molecule has 0 heterocycles. The van der Waals surface area contributed by atoms with Crippen LogP contribution in [0.15, 0.2) is 12.1 Å². The molecule has 0 aromatic heterocycles. The Balaban J connectivity index is 2.90. The largest absolute Gasteiger partial charge is 0.496 e. The highest BCUT2D eigenvalue weighted by atomic mass is 16.5. The SMILES string of the molecule is COc1c(C)cc(CCC(=O)OCCO)cc1C(C)(C)C. The first-order valence-electron chi connectivity index (χ1n) is 7.24. The van der Waals surface area contributed by atoms with Gasteiger partial charge in [0.2, 0.25) is 0 Å². The molecule has 0 bridgehead atoms. The van der Waals surface area contributed by atoms with Gasteiger partial charge >= 0.3 is 5.97 Å². The van der Waals surface area contributed by atoms with Crippen molar-refractivity contribution in [1.82, 2.24) is 0 Å². The molecular weight excluding hydrogens is 268 g/mol. The molecule has 0 amide bonds. The van der Waals surface area contributed by atoms with Gasteiger partial charge in [-0.1, -0.05) is 32.9 Å². The van der Waals surface area contributed by atoms with Crippen LogP contribution in [0.2, 0.25) is 0 Å². The van der Waals surface area contributed by atoms with E-state index in [1.54, 1.807) is 7.11 Å². The molecule has 0 aliphatic heterocycles. The van der Waals surface area contributed by atoms with Crippen molar-refractivity contribution in [2.45, 2.75) is 46.0 Å². The fourth-order valence-corrected chi connectivity index (χ4v) is 2.30. The third-order valence-electron chi connectivity index (χ3n) is 3.32. The van der Waals surface area contributed by atoms with Crippen molar-refractivity contribution >= 4 is 5.97 Å². The first kappa shape index (κ1) is 17.5. The van der Waals surface area contributed by atoms with E-state index in [1.165, 1.54) is 0 Å². The van der Waals surface area contributed by atoms with Crippen molar-refractivity contribution in [3.8, 4) is 5.75 Å². The Morgan fingerprint density at radius 1 is 1.29 bits per heavy atom. The summed E-state index contributed by atoms with van der Waals surface area (Å²) in [5.41, 5.74) is 3.29. The quantitative estimate of drug-likeness (QED) is 0.820. The Hall–Kier alpha value is -1.55. The summed E-state index contributed by atoms with van der Waals surface area (Å²) in [5, 5.41) is 8.63.